The second kappa shape index (κ2) is 9.19. The zero-order chi connectivity index (χ0) is 15.7. The van der Waals surface area contributed by atoms with Crippen molar-refractivity contribution in [2.45, 2.75) is 59.8 Å². The minimum absolute atomic E-state index is 0.331. The van der Waals surface area contributed by atoms with Crippen molar-refractivity contribution < 1.29 is 0 Å². The molecule has 21 heavy (non-hydrogen) atoms. The standard InChI is InChI=1S/C18H21N.C2H6/c1-4-8-16-12-11-15-9-6-7-10-17(15)14(3)18(16)19-13-5-2;1-2/h6-7,9-10,13-14H,5,11-12H2,1-3H3;1-2H3/t14-;/m0./s1. The number of allylic oxidation sites excluding steroid dienone is 2. The first-order chi connectivity index (χ1) is 10.3. The van der Waals surface area contributed by atoms with E-state index in [2.05, 4.69) is 50.0 Å². The van der Waals surface area contributed by atoms with E-state index in [1.165, 1.54) is 16.7 Å². The third kappa shape index (κ3) is 4.33. The summed E-state index contributed by atoms with van der Waals surface area (Å²) in [5.41, 5.74) is 5.20. The smallest absolute Gasteiger partial charge is 0.0587 e. The fourth-order valence-corrected chi connectivity index (χ4v) is 2.64. The molecule has 0 amide bonds. The van der Waals surface area contributed by atoms with Gasteiger partial charge in [-0.1, -0.05) is 57.9 Å². The van der Waals surface area contributed by atoms with Gasteiger partial charge in [0.15, 0.2) is 0 Å². The molecular weight excluding hydrogens is 254 g/mol. The van der Waals surface area contributed by atoms with Crippen LogP contribution < -0.4 is 0 Å². The zero-order valence-electron chi connectivity index (χ0n) is 14.0. The predicted molar refractivity (Wildman–Crippen MR) is 93.8 cm³/mol. The van der Waals surface area contributed by atoms with Gasteiger partial charge in [0.05, 0.1) is 5.70 Å². The van der Waals surface area contributed by atoms with Gasteiger partial charge < -0.3 is 0 Å². The van der Waals surface area contributed by atoms with Crippen molar-refractivity contribution in [3.63, 3.8) is 0 Å². The van der Waals surface area contributed by atoms with E-state index in [0.717, 1.165) is 25.0 Å². The Labute approximate surface area is 130 Å². The molecule has 0 bridgehead atoms. The number of rotatable bonds is 2. The van der Waals surface area contributed by atoms with Crippen LogP contribution in [0.25, 0.3) is 0 Å². The lowest BCUT2D eigenvalue weighted by atomic mass is 9.93. The highest BCUT2D eigenvalue weighted by molar-refractivity contribution is 5.60. The van der Waals surface area contributed by atoms with Gasteiger partial charge >= 0.3 is 0 Å². The summed E-state index contributed by atoms with van der Waals surface area (Å²) < 4.78 is 0. The van der Waals surface area contributed by atoms with Crippen molar-refractivity contribution in [2.75, 3.05) is 0 Å². The molecule has 1 atom stereocenters. The summed E-state index contributed by atoms with van der Waals surface area (Å²) in [5.74, 6) is 6.63. The van der Waals surface area contributed by atoms with E-state index >= 15 is 0 Å². The normalized spacial score (nSPS) is 17.3. The third-order valence-corrected chi connectivity index (χ3v) is 3.57. The van der Waals surface area contributed by atoms with E-state index < -0.39 is 0 Å². The molecule has 0 aliphatic heterocycles. The molecule has 1 heteroatoms. The van der Waals surface area contributed by atoms with Crippen LogP contribution in [-0.2, 0) is 6.42 Å². The molecule has 0 fully saturated rings. The van der Waals surface area contributed by atoms with Crippen LogP contribution in [0.4, 0.5) is 0 Å². The molecular formula is C20H27N. The van der Waals surface area contributed by atoms with E-state index in [9.17, 15) is 0 Å². The molecule has 0 saturated heterocycles. The maximum atomic E-state index is 4.69. The lowest BCUT2D eigenvalue weighted by molar-refractivity contribution is 0.869. The van der Waals surface area contributed by atoms with E-state index in [1.54, 1.807) is 0 Å². The highest BCUT2D eigenvalue weighted by Crippen LogP contribution is 2.34. The van der Waals surface area contributed by atoms with Crippen molar-refractivity contribution in [3.05, 3.63) is 46.7 Å². The van der Waals surface area contributed by atoms with E-state index in [-0.39, 0.29) is 0 Å². The molecule has 112 valence electrons. The van der Waals surface area contributed by atoms with Gasteiger partial charge in [-0.25, -0.2) is 0 Å². The van der Waals surface area contributed by atoms with E-state index in [4.69, 9.17) is 4.99 Å². The molecule has 0 N–H and O–H groups in total. The van der Waals surface area contributed by atoms with Crippen LogP contribution in [0.3, 0.4) is 0 Å². The fourth-order valence-electron chi connectivity index (χ4n) is 2.64. The maximum Gasteiger partial charge on any atom is 0.0587 e. The molecule has 0 spiro atoms. The van der Waals surface area contributed by atoms with Gasteiger partial charge in [0.25, 0.3) is 0 Å². The number of aliphatic imine (C=N–C) groups is 1. The molecule has 1 aromatic rings. The Hall–Kier alpha value is -1.81. The summed E-state index contributed by atoms with van der Waals surface area (Å²) in [6.45, 7) is 10.3. The largest absolute Gasteiger partial charge is 0.264 e. The molecule has 1 aliphatic rings. The minimum Gasteiger partial charge on any atom is -0.264 e. The van der Waals surface area contributed by atoms with Gasteiger partial charge in [0.1, 0.15) is 0 Å². The second-order valence-corrected chi connectivity index (χ2v) is 4.88. The fraction of sp³-hybridized carbons (Fsp3) is 0.450. The van der Waals surface area contributed by atoms with Crippen molar-refractivity contribution in [1.29, 1.82) is 0 Å². The summed E-state index contributed by atoms with van der Waals surface area (Å²) in [5, 5.41) is 0. The van der Waals surface area contributed by atoms with Crippen LogP contribution in [0.2, 0.25) is 0 Å². The number of fused-ring (bicyclic) bond motifs is 1. The van der Waals surface area contributed by atoms with Crippen LogP contribution in [0.5, 0.6) is 0 Å². The number of hydrogen-bond donors (Lipinski definition) is 0. The van der Waals surface area contributed by atoms with Crippen molar-refractivity contribution in [1.82, 2.24) is 0 Å². The predicted octanol–water partition coefficient (Wildman–Crippen LogP) is 5.52. The van der Waals surface area contributed by atoms with Crippen LogP contribution >= 0.6 is 0 Å². The number of aryl methyl sites for hydroxylation is 1. The number of hydrogen-bond acceptors (Lipinski definition) is 1. The molecule has 0 unspecified atom stereocenters. The first-order valence-electron chi connectivity index (χ1n) is 8.04. The van der Waals surface area contributed by atoms with Gasteiger partial charge in [-0.15, -0.1) is 5.92 Å². The van der Waals surface area contributed by atoms with Crippen molar-refractivity contribution >= 4 is 6.21 Å². The second-order valence-electron chi connectivity index (χ2n) is 4.88. The van der Waals surface area contributed by atoms with Gasteiger partial charge in [0, 0.05) is 17.7 Å². The monoisotopic (exact) mass is 281 g/mol. The van der Waals surface area contributed by atoms with Crippen LogP contribution in [-0.4, -0.2) is 6.21 Å². The van der Waals surface area contributed by atoms with Crippen LogP contribution in [0, 0.1) is 11.8 Å². The molecule has 0 saturated carbocycles. The summed E-state index contributed by atoms with van der Waals surface area (Å²) in [4.78, 5) is 4.69. The van der Waals surface area contributed by atoms with Gasteiger partial charge in [-0.3, -0.25) is 4.99 Å². The quantitative estimate of drug-likeness (QED) is 0.500. The Morgan fingerprint density at radius 2 is 1.95 bits per heavy atom. The molecule has 1 aromatic carbocycles. The zero-order valence-corrected chi connectivity index (χ0v) is 14.0. The molecule has 0 aromatic heterocycles. The van der Waals surface area contributed by atoms with Gasteiger partial charge in [0.2, 0.25) is 0 Å². The molecule has 0 radical (unpaired) electrons. The maximum absolute atomic E-state index is 4.69. The van der Waals surface area contributed by atoms with E-state index in [1.807, 2.05) is 27.0 Å². The first kappa shape index (κ1) is 17.2. The summed E-state index contributed by atoms with van der Waals surface area (Å²) >= 11 is 0. The Bertz CT molecular complexity index is 567. The lowest BCUT2D eigenvalue weighted by Crippen LogP contribution is -1.99. The number of nitrogens with zero attached hydrogens (tertiary/aromatic N) is 1. The van der Waals surface area contributed by atoms with Crippen molar-refractivity contribution in [2.24, 2.45) is 4.99 Å². The molecule has 1 aliphatic carbocycles. The van der Waals surface area contributed by atoms with Gasteiger partial charge in [-0.05, 0) is 37.3 Å². The summed E-state index contributed by atoms with van der Waals surface area (Å²) in [7, 11) is 0. The Balaban J connectivity index is 0.00000106. The topological polar surface area (TPSA) is 12.4 Å². The molecule has 0 heterocycles. The third-order valence-electron chi connectivity index (χ3n) is 3.57. The molecule has 2 rings (SSSR count). The summed E-state index contributed by atoms with van der Waals surface area (Å²) in [6.07, 6.45) is 5.02. The van der Waals surface area contributed by atoms with E-state index in [0.29, 0.717) is 5.92 Å². The Morgan fingerprint density at radius 3 is 2.62 bits per heavy atom. The highest BCUT2D eigenvalue weighted by Gasteiger charge is 2.21. The average Bonchev–Trinajstić information content (AvgIpc) is 2.66. The Kier molecular flexibility index (Phi) is 7.54. The van der Waals surface area contributed by atoms with Crippen LogP contribution in [0.1, 0.15) is 64.5 Å². The lowest BCUT2D eigenvalue weighted by Gasteiger charge is -2.14. The minimum atomic E-state index is 0.331. The first-order valence-corrected chi connectivity index (χ1v) is 8.04. The SMILES string of the molecule is CC.CC#CC1=C(N=CCC)[C@@H](C)c2ccccc2CC1. The molecule has 1 nitrogen and oxygen atoms in total. The number of benzene rings is 1. The average molecular weight is 281 g/mol. The van der Waals surface area contributed by atoms with Gasteiger partial charge in [-0.2, -0.15) is 0 Å². The Morgan fingerprint density at radius 1 is 1.24 bits per heavy atom. The highest BCUT2D eigenvalue weighted by atomic mass is 14.7. The van der Waals surface area contributed by atoms with Crippen LogP contribution in [0.15, 0.2) is 40.5 Å². The van der Waals surface area contributed by atoms with Crippen molar-refractivity contribution in [3.8, 4) is 11.8 Å². The summed E-state index contributed by atoms with van der Waals surface area (Å²) in [6, 6.07) is 8.70.